The first-order chi connectivity index (χ1) is 6.59. The molecular weight excluding hydrogens is 248 g/mol. The number of anilines is 1. The summed E-state index contributed by atoms with van der Waals surface area (Å²) >= 11 is 3.26. The smallest absolute Gasteiger partial charge is 0.163 e. The van der Waals surface area contributed by atoms with Crippen LogP contribution in [-0.4, -0.2) is 29.7 Å². The summed E-state index contributed by atoms with van der Waals surface area (Å²) in [7, 11) is 1.70. The first-order valence-electron chi connectivity index (χ1n) is 4.07. The average molecular weight is 257 g/mol. The molecule has 74 valence electrons. The zero-order valence-corrected chi connectivity index (χ0v) is 9.06. The summed E-state index contributed by atoms with van der Waals surface area (Å²) in [5.74, 6) is 0.104. The predicted molar refractivity (Wildman–Crippen MR) is 58.4 cm³/mol. The second-order valence-electron chi connectivity index (χ2n) is 3.10. The van der Waals surface area contributed by atoms with E-state index in [2.05, 4.69) is 20.9 Å². The summed E-state index contributed by atoms with van der Waals surface area (Å²) in [6.07, 6.45) is 0.642. The number of aliphatic imine (C=N–C) groups is 1. The molecule has 1 aliphatic rings. The summed E-state index contributed by atoms with van der Waals surface area (Å²) in [5.41, 5.74) is 1.19. The van der Waals surface area contributed by atoms with E-state index in [4.69, 9.17) is 0 Å². The van der Waals surface area contributed by atoms with Crippen LogP contribution in [0.5, 0.6) is 5.75 Å². The number of nitrogens with zero attached hydrogens (tertiary/aromatic N) is 2. The molecule has 0 spiro atoms. The molecule has 2 rings (SSSR count). The van der Waals surface area contributed by atoms with E-state index < -0.39 is 6.23 Å². The van der Waals surface area contributed by atoms with Gasteiger partial charge in [-0.15, -0.1) is 0 Å². The SMILES string of the molecule is CN1c2c(O)cc(Br)cc2N=CC1O. The fourth-order valence-electron chi connectivity index (χ4n) is 1.41. The van der Waals surface area contributed by atoms with Crippen molar-refractivity contribution in [2.75, 3.05) is 11.9 Å². The first-order valence-corrected chi connectivity index (χ1v) is 4.86. The van der Waals surface area contributed by atoms with E-state index in [9.17, 15) is 10.2 Å². The van der Waals surface area contributed by atoms with Gasteiger partial charge in [0.15, 0.2) is 6.23 Å². The minimum atomic E-state index is -0.783. The van der Waals surface area contributed by atoms with Crippen LogP contribution in [0, 0.1) is 0 Å². The fraction of sp³-hybridized carbons (Fsp3) is 0.222. The van der Waals surface area contributed by atoms with Gasteiger partial charge in [0.25, 0.3) is 0 Å². The van der Waals surface area contributed by atoms with E-state index >= 15 is 0 Å². The Hall–Kier alpha value is -1.07. The maximum atomic E-state index is 9.67. The number of halogens is 1. The van der Waals surface area contributed by atoms with Crippen LogP contribution in [0.25, 0.3) is 0 Å². The van der Waals surface area contributed by atoms with Crippen LogP contribution in [0.4, 0.5) is 11.4 Å². The Morgan fingerprint density at radius 1 is 1.50 bits per heavy atom. The van der Waals surface area contributed by atoms with E-state index in [1.807, 2.05) is 0 Å². The number of phenols is 1. The standard InChI is InChI=1S/C9H9BrN2O2/c1-12-8(14)4-11-6-2-5(10)3-7(13)9(6)12/h2-4,8,13-14H,1H3. The number of phenolic OH excluding ortho intramolecular Hbond substituents is 1. The van der Waals surface area contributed by atoms with Crippen LogP contribution >= 0.6 is 15.9 Å². The minimum absolute atomic E-state index is 0.104. The highest BCUT2D eigenvalue weighted by molar-refractivity contribution is 9.10. The van der Waals surface area contributed by atoms with Gasteiger partial charge in [-0.25, -0.2) is 0 Å². The van der Waals surface area contributed by atoms with E-state index in [0.717, 1.165) is 4.47 Å². The number of aliphatic hydroxyl groups excluding tert-OH is 1. The highest BCUT2D eigenvalue weighted by Gasteiger charge is 2.21. The quantitative estimate of drug-likeness (QED) is 0.742. The Balaban J connectivity index is 2.62. The van der Waals surface area contributed by atoms with Crippen molar-refractivity contribution in [1.82, 2.24) is 0 Å². The summed E-state index contributed by atoms with van der Waals surface area (Å²) in [6.45, 7) is 0. The molecule has 0 radical (unpaired) electrons. The van der Waals surface area contributed by atoms with Crippen molar-refractivity contribution < 1.29 is 10.2 Å². The molecule has 14 heavy (non-hydrogen) atoms. The van der Waals surface area contributed by atoms with Crippen molar-refractivity contribution in [3.8, 4) is 5.75 Å². The lowest BCUT2D eigenvalue weighted by Crippen LogP contribution is -2.34. The van der Waals surface area contributed by atoms with E-state index in [1.54, 1.807) is 24.1 Å². The van der Waals surface area contributed by atoms with Gasteiger partial charge in [0, 0.05) is 11.5 Å². The monoisotopic (exact) mass is 256 g/mol. The molecule has 0 saturated carbocycles. The van der Waals surface area contributed by atoms with Crippen LogP contribution in [0.1, 0.15) is 0 Å². The topological polar surface area (TPSA) is 56.1 Å². The molecular formula is C9H9BrN2O2. The van der Waals surface area contributed by atoms with Gasteiger partial charge in [-0.3, -0.25) is 4.99 Å². The van der Waals surface area contributed by atoms with Gasteiger partial charge in [0.05, 0.1) is 11.9 Å². The largest absolute Gasteiger partial charge is 0.506 e. The first kappa shape index (κ1) is 9.48. The Labute approximate surface area is 89.6 Å². The van der Waals surface area contributed by atoms with Crippen LogP contribution < -0.4 is 4.90 Å². The Kier molecular flexibility index (Phi) is 2.20. The molecule has 1 aromatic carbocycles. The van der Waals surface area contributed by atoms with Gasteiger partial charge in [0.1, 0.15) is 11.4 Å². The number of hydrogen-bond acceptors (Lipinski definition) is 4. The molecule has 1 unspecified atom stereocenters. The van der Waals surface area contributed by atoms with Gasteiger partial charge in [0.2, 0.25) is 0 Å². The predicted octanol–water partition coefficient (Wildman–Crippen LogP) is 1.63. The zero-order chi connectivity index (χ0) is 10.3. The Bertz CT molecular complexity index is 406. The number of fused-ring (bicyclic) bond motifs is 1. The van der Waals surface area contributed by atoms with Crippen molar-refractivity contribution in [3.63, 3.8) is 0 Å². The third-order valence-corrected chi connectivity index (χ3v) is 2.59. The molecule has 0 aliphatic carbocycles. The number of aliphatic hydroxyl groups is 1. The van der Waals surface area contributed by atoms with E-state index in [0.29, 0.717) is 11.4 Å². The van der Waals surface area contributed by atoms with Crippen molar-refractivity contribution in [1.29, 1.82) is 0 Å². The maximum absolute atomic E-state index is 9.67. The third kappa shape index (κ3) is 1.38. The van der Waals surface area contributed by atoms with Gasteiger partial charge < -0.3 is 15.1 Å². The van der Waals surface area contributed by atoms with Crippen molar-refractivity contribution in [2.24, 2.45) is 4.99 Å². The highest BCUT2D eigenvalue weighted by atomic mass is 79.9. The highest BCUT2D eigenvalue weighted by Crippen LogP contribution is 2.41. The van der Waals surface area contributed by atoms with Crippen LogP contribution in [-0.2, 0) is 0 Å². The molecule has 0 bridgehead atoms. The number of benzene rings is 1. The summed E-state index contributed by atoms with van der Waals surface area (Å²) in [5, 5.41) is 19.1. The van der Waals surface area contributed by atoms with E-state index in [-0.39, 0.29) is 5.75 Å². The van der Waals surface area contributed by atoms with Crippen LogP contribution in [0.3, 0.4) is 0 Å². The number of aromatic hydroxyl groups is 1. The molecule has 0 saturated heterocycles. The molecule has 1 aliphatic heterocycles. The summed E-state index contributed by atoms with van der Waals surface area (Å²) < 4.78 is 0.760. The lowest BCUT2D eigenvalue weighted by molar-refractivity contribution is 0.244. The van der Waals surface area contributed by atoms with Crippen LogP contribution in [0.15, 0.2) is 21.6 Å². The van der Waals surface area contributed by atoms with Gasteiger partial charge >= 0.3 is 0 Å². The molecule has 0 amide bonds. The lowest BCUT2D eigenvalue weighted by Gasteiger charge is -2.28. The average Bonchev–Trinajstić information content (AvgIpc) is 2.10. The van der Waals surface area contributed by atoms with E-state index in [1.165, 1.54) is 6.21 Å². The second-order valence-corrected chi connectivity index (χ2v) is 4.01. The molecule has 1 heterocycles. The Morgan fingerprint density at radius 2 is 2.21 bits per heavy atom. The molecule has 1 atom stereocenters. The molecule has 1 aromatic rings. The fourth-order valence-corrected chi connectivity index (χ4v) is 1.84. The molecule has 0 fully saturated rings. The lowest BCUT2D eigenvalue weighted by atomic mass is 10.2. The molecule has 5 heteroatoms. The van der Waals surface area contributed by atoms with Crippen molar-refractivity contribution >= 4 is 33.5 Å². The second kappa shape index (κ2) is 3.25. The molecule has 0 aromatic heterocycles. The normalized spacial score (nSPS) is 19.6. The maximum Gasteiger partial charge on any atom is 0.163 e. The summed E-state index contributed by atoms with van der Waals surface area (Å²) in [4.78, 5) is 5.60. The van der Waals surface area contributed by atoms with Crippen LogP contribution in [0.2, 0.25) is 0 Å². The number of hydrogen-bond donors (Lipinski definition) is 2. The van der Waals surface area contributed by atoms with Crippen molar-refractivity contribution in [3.05, 3.63) is 16.6 Å². The van der Waals surface area contributed by atoms with Gasteiger partial charge in [-0.2, -0.15) is 0 Å². The third-order valence-electron chi connectivity index (χ3n) is 2.13. The van der Waals surface area contributed by atoms with Gasteiger partial charge in [-0.1, -0.05) is 15.9 Å². The Morgan fingerprint density at radius 3 is 2.93 bits per heavy atom. The van der Waals surface area contributed by atoms with Gasteiger partial charge in [-0.05, 0) is 12.1 Å². The molecule has 4 nitrogen and oxygen atoms in total. The van der Waals surface area contributed by atoms with Crippen molar-refractivity contribution in [2.45, 2.75) is 6.23 Å². The molecule has 2 N–H and O–H groups in total. The minimum Gasteiger partial charge on any atom is -0.506 e. The summed E-state index contributed by atoms with van der Waals surface area (Å²) in [6, 6.07) is 3.36. The number of rotatable bonds is 0. The zero-order valence-electron chi connectivity index (χ0n) is 7.48.